The van der Waals surface area contributed by atoms with Crippen LogP contribution >= 0.6 is 11.8 Å². The molecule has 0 bridgehead atoms. The van der Waals surface area contributed by atoms with Crippen molar-refractivity contribution in [1.29, 1.82) is 0 Å². The number of carbonyl (C=O) groups excluding carboxylic acids is 2. The molecule has 0 aliphatic heterocycles. The van der Waals surface area contributed by atoms with Crippen LogP contribution in [0.5, 0.6) is 5.75 Å². The fraction of sp³-hybridized carbons (Fsp3) is 0.182. The van der Waals surface area contributed by atoms with Crippen molar-refractivity contribution in [2.45, 2.75) is 24.5 Å². The highest BCUT2D eigenvalue weighted by atomic mass is 32.2. The minimum Gasteiger partial charge on any atom is -0.486 e. The van der Waals surface area contributed by atoms with Crippen LogP contribution in [0.1, 0.15) is 28.8 Å². The maximum atomic E-state index is 12.2. The highest BCUT2D eigenvalue weighted by molar-refractivity contribution is 7.99. The van der Waals surface area contributed by atoms with Gasteiger partial charge in [0.05, 0.1) is 5.25 Å². The second-order valence-electron chi connectivity index (χ2n) is 6.25. The Balaban J connectivity index is 1.41. The molecule has 2 aromatic carbocycles. The van der Waals surface area contributed by atoms with Gasteiger partial charge in [0, 0.05) is 5.75 Å². The summed E-state index contributed by atoms with van der Waals surface area (Å²) in [7, 11) is 0. The van der Waals surface area contributed by atoms with Crippen molar-refractivity contribution in [3.63, 3.8) is 0 Å². The fourth-order valence-electron chi connectivity index (χ4n) is 2.40. The first-order chi connectivity index (χ1) is 14.1. The number of carbonyl (C=O) groups is 2. The minimum atomic E-state index is -0.524. The van der Waals surface area contributed by atoms with Crippen LogP contribution in [0.15, 0.2) is 77.2 Å². The van der Waals surface area contributed by atoms with Crippen molar-refractivity contribution in [2.24, 2.45) is 0 Å². The molecule has 1 unspecified atom stereocenters. The molecule has 1 aromatic heterocycles. The summed E-state index contributed by atoms with van der Waals surface area (Å²) in [6, 6.07) is 22.4. The Morgan fingerprint density at radius 3 is 2.38 bits per heavy atom. The highest BCUT2D eigenvalue weighted by Crippen LogP contribution is 2.17. The molecule has 0 radical (unpaired) electrons. The van der Waals surface area contributed by atoms with Crippen molar-refractivity contribution in [2.75, 3.05) is 0 Å². The Morgan fingerprint density at radius 2 is 1.66 bits per heavy atom. The summed E-state index contributed by atoms with van der Waals surface area (Å²) in [6.07, 6.45) is 0. The van der Waals surface area contributed by atoms with Gasteiger partial charge in [0.25, 0.3) is 5.91 Å². The molecule has 1 atom stereocenters. The van der Waals surface area contributed by atoms with Gasteiger partial charge in [0.15, 0.2) is 5.76 Å². The Labute approximate surface area is 173 Å². The molecule has 3 rings (SSSR count). The molecule has 7 heteroatoms. The predicted molar refractivity (Wildman–Crippen MR) is 112 cm³/mol. The van der Waals surface area contributed by atoms with E-state index in [0.717, 1.165) is 5.56 Å². The summed E-state index contributed by atoms with van der Waals surface area (Å²) < 4.78 is 11.1. The Hall–Kier alpha value is -3.19. The minimum absolute atomic E-state index is 0.0987. The van der Waals surface area contributed by atoms with Crippen LogP contribution in [0.2, 0.25) is 0 Å². The summed E-state index contributed by atoms with van der Waals surface area (Å²) >= 11 is 1.49. The van der Waals surface area contributed by atoms with Gasteiger partial charge in [-0.25, -0.2) is 0 Å². The number of benzene rings is 2. The second-order valence-corrected chi connectivity index (χ2v) is 7.58. The van der Waals surface area contributed by atoms with Gasteiger partial charge < -0.3 is 9.15 Å². The lowest BCUT2D eigenvalue weighted by Gasteiger charge is -2.12. The number of hydrogen-bond acceptors (Lipinski definition) is 5. The first-order valence-corrected chi connectivity index (χ1v) is 10.2. The van der Waals surface area contributed by atoms with Gasteiger partial charge in [-0.1, -0.05) is 48.5 Å². The van der Waals surface area contributed by atoms with E-state index in [1.807, 2.05) is 60.7 Å². The van der Waals surface area contributed by atoms with Gasteiger partial charge in [-0.15, -0.1) is 11.8 Å². The average molecular weight is 410 g/mol. The molecule has 6 nitrogen and oxygen atoms in total. The van der Waals surface area contributed by atoms with Crippen molar-refractivity contribution < 1.29 is 18.7 Å². The number of amides is 2. The molecule has 0 spiro atoms. The van der Waals surface area contributed by atoms with Crippen LogP contribution in [-0.2, 0) is 17.2 Å². The van der Waals surface area contributed by atoms with Crippen LogP contribution in [0.3, 0.4) is 0 Å². The highest BCUT2D eigenvalue weighted by Gasteiger charge is 2.16. The largest absolute Gasteiger partial charge is 0.486 e. The molecule has 29 heavy (non-hydrogen) atoms. The van der Waals surface area contributed by atoms with Gasteiger partial charge in [0.2, 0.25) is 0 Å². The van der Waals surface area contributed by atoms with E-state index in [9.17, 15) is 9.59 Å². The summed E-state index contributed by atoms with van der Waals surface area (Å²) in [4.78, 5) is 24.3. The van der Waals surface area contributed by atoms with E-state index in [1.54, 1.807) is 19.1 Å². The Bertz CT molecular complexity index is 928. The maximum Gasteiger partial charge on any atom is 0.305 e. The molecular weight excluding hydrogens is 388 g/mol. The first-order valence-electron chi connectivity index (χ1n) is 9.14. The monoisotopic (exact) mass is 410 g/mol. The molecule has 0 aliphatic rings. The molecule has 2 N–H and O–H groups in total. The molecular formula is C22H22N2O4S. The van der Waals surface area contributed by atoms with Crippen molar-refractivity contribution in [3.05, 3.63) is 89.9 Å². The lowest BCUT2D eigenvalue weighted by molar-refractivity contribution is -0.121. The van der Waals surface area contributed by atoms with Crippen molar-refractivity contribution in [1.82, 2.24) is 10.9 Å². The molecule has 2 amide bonds. The third kappa shape index (κ3) is 6.43. The smallest absolute Gasteiger partial charge is 0.305 e. The zero-order valence-electron chi connectivity index (χ0n) is 16.0. The molecule has 0 saturated carbocycles. The van der Waals surface area contributed by atoms with Crippen LogP contribution < -0.4 is 15.6 Å². The molecule has 0 aliphatic carbocycles. The molecule has 0 saturated heterocycles. The van der Waals surface area contributed by atoms with E-state index in [4.69, 9.17) is 9.15 Å². The topological polar surface area (TPSA) is 80.6 Å². The lowest BCUT2D eigenvalue weighted by atomic mass is 10.2. The SMILES string of the molecule is CC(SCc1ccccc1)C(=O)NNC(=O)c1ccc(COc2ccccc2)o1. The third-order valence-electron chi connectivity index (χ3n) is 4.02. The summed E-state index contributed by atoms with van der Waals surface area (Å²) in [6.45, 7) is 2.00. The van der Waals surface area contributed by atoms with Crippen LogP contribution in [0.4, 0.5) is 0 Å². The molecule has 1 heterocycles. The van der Waals surface area contributed by atoms with Gasteiger partial charge in [-0.05, 0) is 36.8 Å². The number of hydrazine groups is 1. The zero-order valence-corrected chi connectivity index (χ0v) is 16.8. The van der Waals surface area contributed by atoms with Crippen molar-refractivity contribution >= 4 is 23.6 Å². The quantitative estimate of drug-likeness (QED) is 0.550. The van der Waals surface area contributed by atoms with E-state index in [0.29, 0.717) is 17.3 Å². The van der Waals surface area contributed by atoms with E-state index >= 15 is 0 Å². The Kier molecular flexibility index (Phi) is 7.35. The van der Waals surface area contributed by atoms with Crippen molar-refractivity contribution in [3.8, 4) is 5.75 Å². The number of ether oxygens (including phenoxy) is 1. The maximum absolute atomic E-state index is 12.2. The average Bonchev–Trinajstić information content (AvgIpc) is 3.25. The summed E-state index contributed by atoms with van der Waals surface area (Å²) in [5.41, 5.74) is 5.95. The van der Waals surface area contributed by atoms with Crippen LogP contribution in [0, 0.1) is 0 Å². The first kappa shape index (κ1) is 20.5. The van der Waals surface area contributed by atoms with E-state index in [1.165, 1.54) is 11.8 Å². The van der Waals surface area contributed by atoms with Gasteiger partial charge >= 0.3 is 5.91 Å². The Morgan fingerprint density at radius 1 is 0.966 bits per heavy atom. The third-order valence-corrected chi connectivity index (χ3v) is 5.24. The second kappa shape index (κ2) is 10.4. The van der Waals surface area contributed by atoms with E-state index in [2.05, 4.69) is 10.9 Å². The number of furan rings is 1. The summed E-state index contributed by atoms with van der Waals surface area (Å²) in [5, 5.41) is -0.318. The zero-order chi connectivity index (χ0) is 20.5. The van der Waals surface area contributed by atoms with Crippen LogP contribution in [0.25, 0.3) is 0 Å². The molecule has 150 valence electrons. The van der Waals surface area contributed by atoms with Gasteiger partial charge in [-0.3, -0.25) is 20.4 Å². The predicted octanol–water partition coefficient (Wildman–Crippen LogP) is 3.94. The normalized spacial score (nSPS) is 11.5. The lowest BCUT2D eigenvalue weighted by Crippen LogP contribution is -2.44. The van der Waals surface area contributed by atoms with E-state index < -0.39 is 5.91 Å². The van der Waals surface area contributed by atoms with E-state index in [-0.39, 0.29) is 23.5 Å². The molecule has 0 fully saturated rings. The molecule has 3 aromatic rings. The number of rotatable bonds is 8. The van der Waals surface area contributed by atoms with Gasteiger partial charge in [0.1, 0.15) is 18.1 Å². The number of para-hydroxylation sites is 1. The van der Waals surface area contributed by atoms with Crippen LogP contribution in [-0.4, -0.2) is 17.1 Å². The number of hydrogen-bond donors (Lipinski definition) is 2. The number of thioether (sulfide) groups is 1. The standard InChI is InChI=1S/C22H22N2O4S/c1-16(29-15-17-8-4-2-5-9-17)21(25)23-24-22(26)20-13-12-19(28-20)14-27-18-10-6-3-7-11-18/h2-13,16H,14-15H2,1H3,(H,23,25)(H,24,26). The number of nitrogens with one attached hydrogen (secondary N) is 2. The van der Waals surface area contributed by atoms with Gasteiger partial charge in [-0.2, -0.15) is 0 Å². The fourth-order valence-corrected chi connectivity index (χ4v) is 3.25. The summed E-state index contributed by atoms with van der Waals surface area (Å²) in [5.74, 6) is 1.23.